The monoisotopic (exact) mass is 558 g/mol. The first-order valence-corrected chi connectivity index (χ1v) is 12.2. The third kappa shape index (κ3) is 4.73. The predicted octanol–water partition coefficient (Wildman–Crippen LogP) is -1.61. The maximum atomic E-state index is 13.2. The summed E-state index contributed by atoms with van der Waals surface area (Å²) in [6.45, 7) is 0. The van der Waals surface area contributed by atoms with Crippen LogP contribution in [0.5, 0.6) is 0 Å². The number of hydrogen-bond acceptors (Lipinski definition) is 13. The Morgan fingerprint density at radius 1 is 1.47 bits per heavy atom. The number of β-lactam (4-membered cyclic amide) rings is 1. The molecule has 2 amide bonds. The minimum absolute atomic E-state index is 0.0598. The Morgan fingerprint density at radius 3 is 2.86 bits per heavy atom. The van der Waals surface area contributed by atoms with Gasteiger partial charge in [0.1, 0.15) is 29.9 Å². The number of carbonyl (C=O) groups excluding carboxylic acids is 2. The largest absolute Gasteiger partial charge is 0.477 e. The number of thiazole rings is 1. The van der Waals surface area contributed by atoms with Crippen LogP contribution in [0.1, 0.15) is 11.2 Å². The van der Waals surface area contributed by atoms with Gasteiger partial charge in [-0.1, -0.05) is 16.9 Å². The fourth-order valence-electron chi connectivity index (χ4n) is 2.97. The lowest BCUT2D eigenvalue weighted by atomic mass is 10.0. The van der Waals surface area contributed by atoms with Gasteiger partial charge in [-0.05, 0) is 5.57 Å². The summed E-state index contributed by atoms with van der Waals surface area (Å²) in [4.78, 5) is 74.1. The summed E-state index contributed by atoms with van der Waals surface area (Å²) >= 11 is 1.77. The van der Waals surface area contributed by atoms with Crippen molar-refractivity contribution in [2.45, 2.75) is 16.5 Å². The molecule has 0 saturated carbocycles. The molecular weight excluding hydrogens is 536 g/mol. The molecule has 0 spiro atoms. The van der Waals surface area contributed by atoms with Crippen LogP contribution in [0.2, 0.25) is 0 Å². The maximum Gasteiger partial charge on any atom is 0.352 e. The highest BCUT2D eigenvalue weighted by atomic mass is 32.2. The number of nitrogen functional groups attached to an aromatic ring is 1. The molecule has 0 aromatic carbocycles. The van der Waals surface area contributed by atoms with Crippen LogP contribution in [0.25, 0.3) is 0 Å². The molecule has 2 aliphatic heterocycles. The van der Waals surface area contributed by atoms with Crippen molar-refractivity contribution in [2.24, 2.45) is 12.2 Å². The van der Waals surface area contributed by atoms with E-state index >= 15 is 0 Å². The van der Waals surface area contributed by atoms with Crippen LogP contribution in [0, 0.1) is 0 Å². The average molecular weight is 559 g/mol. The van der Waals surface area contributed by atoms with E-state index in [-0.39, 0.29) is 27.7 Å². The van der Waals surface area contributed by atoms with E-state index in [1.54, 1.807) is 0 Å². The number of nitrogens with zero attached hydrogens (tertiary/aromatic N) is 5. The fourth-order valence-corrected chi connectivity index (χ4v) is 5.37. The number of aromatic nitrogens is 4. The number of H-pyrrole nitrogens is 1. The first-order valence-electron chi connectivity index (χ1n) is 11.5. The number of carbonyl (C=O) groups is 3. The highest BCUT2D eigenvalue weighted by Gasteiger charge is 2.54. The van der Waals surface area contributed by atoms with Crippen molar-refractivity contribution in [3.8, 4) is 0 Å². The molecule has 36 heavy (non-hydrogen) atoms. The van der Waals surface area contributed by atoms with Gasteiger partial charge in [0.2, 0.25) is 0 Å². The molecule has 5 N–H and O–H groups in total. The summed E-state index contributed by atoms with van der Waals surface area (Å²) in [6.07, 6.45) is 0. The number of amides is 2. The summed E-state index contributed by atoms with van der Waals surface area (Å²) < 4.78 is 35.6. The van der Waals surface area contributed by atoms with Crippen LogP contribution in [-0.2, 0) is 26.3 Å². The van der Waals surface area contributed by atoms with E-state index in [1.165, 1.54) is 12.4 Å². The first-order chi connectivity index (χ1) is 18.6. The first kappa shape index (κ1) is 20.5. The van der Waals surface area contributed by atoms with Crippen molar-refractivity contribution in [1.29, 1.82) is 0 Å². The Bertz CT molecular complexity index is 1620. The van der Waals surface area contributed by atoms with Crippen LogP contribution in [0.4, 0.5) is 5.13 Å². The topological polar surface area (TPSA) is 215 Å². The molecule has 4 heterocycles. The molecule has 2 aliphatic rings. The van der Waals surface area contributed by atoms with Crippen molar-refractivity contribution >= 4 is 63.5 Å². The second-order valence-corrected chi connectivity index (χ2v) is 9.42. The van der Waals surface area contributed by atoms with Gasteiger partial charge in [-0.2, -0.15) is 4.98 Å². The fraction of sp³-hybridized carbons (Fsp3) is 0.333. The molecule has 2 atom stereocenters. The number of thioether (sulfide) groups is 2. The molecule has 15 nitrogen and oxygen atoms in total. The molecule has 190 valence electrons. The van der Waals surface area contributed by atoms with Gasteiger partial charge in [-0.25, -0.2) is 9.78 Å². The molecule has 1 saturated heterocycles. The van der Waals surface area contributed by atoms with E-state index in [1.807, 2.05) is 5.32 Å². The van der Waals surface area contributed by atoms with E-state index in [4.69, 9.17) is 11.2 Å². The zero-order valence-electron chi connectivity index (χ0n) is 22.2. The highest BCUT2D eigenvalue weighted by molar-refractivity contribution is 8.01. The molecule has 1 fully saturated rings. The zero-order valence-corrected chi connectivity index (χ0v) is 20.7. The van der Waals surface area contributed by atoms with Crippen molar-refractivity contribution in [2.75, 3.05) is 24.3 Å². The highest BCUT2D eigenvalue weighted by Crippen LogP contribution is 2.41. The molecule has 0 aliphatic carbocycles. The quantitative estimate of drug-likeness (QED) is 0.0946. The van der Waals surface area contributed by atoms with Gasteiger partial charge in [0.25, 0.3) is 11.8 Å². The molecule has 4 rings (SSSR count). The van der Waals surface area contributed by atoms with E-state index in [2.05, 4.69) is 25.1 Å². The lowest BCUT2D eigenvalue weighted by Crippen LogP contribution is -2.71. The van der Waals surface area contributed by atoms with Crippen molar-refractivity contribution < 1.29 is 29.8 Å². The van der Waals surface area contributed by atoms with Crippen LogP contribution < -0.4 is 22.2 Å². The number of oxime groups is 1. The van der Waals surface area contributed by atoms with E-state index in [0.717, 1.165) is 23.1 Å². The number of hydrogen-bond donors (Lipinski definition) is 4. The molecule has 0 bridgehead atoms. The van der Waals surface area contributed by atoms with E-state index in [0.29, 0.717) is 16.7 Å². The minimum Gasteiger partial charge on any atom is -0.477 e. The Balaban J connectivity index is 1.70. The van der Waals surface area contributed by atoms with Gasteiger partial charge in [0, 0.05) is 26.6 Å². The molecule has 2 aromatic rings. The number of anilines is 1. The van der Waals surface area contributed by atoms with Crippen LogP contribution in [0.15, 0.2) is 36.6 Å². The van der Waals surface area contributed by atoms with Gasteiger partial charge in [-0.3, -0.25) is 33.9 Å². The van der Waals surface area contributed by atoms with Crippen LogP contribution in [0.3, 0.4) is 0 Å². The van der Waals surface area contributed by atoms with Crippen molar-refractivity contribution in [1.82, 2.24) is 30.0 Å². The lowest BCUT2D eigenvalue weighted by molar-refractivity contribution is -0.150. The SMILES string of the molecule is [2H]C1([2H])S[C@@]2([2H])N(C(=O)[C@@]2([2H])NC(=O)/C(=N\OC)c2csc(N)n2)C(C(=O)O)=C1CSc1nc(=O)c(=O)[nH]n1C. The number of nitrogens with one attached hydrogen (secondary N) is 2. The van der Waals surface area contributed by atoms with Gasteiger partial charge >= 0.3 is 17.1 Å². The van der Waals surface area contributed by atoms with E-state index < -0.39 is 68.7 Å². The average Bonchev–Trinajstić information content (AvgIpc) is 3.28. The number of nitrogens with two attached hydrogens (primary N) is 1. The van der Waals surface area contributed by atoms with Crippen LogP contribution in [-0.4, -0.2) is 83.2 Å². The van der Waals surface area contributed by atoms with Gasteiger partial charge in [-0.15, -0.1) is 23.1 Å². The third-order valence-electron chi connectivity index (χ3n) is 4.51. The summed E-state index contributed by atoms with van der Waals surface area (Å²) in [5, 5.41) is 16.4. The van der Waals surface area contributed by atoms with Crippen LogP contribution >= 0.6 is 34.9 Å². The number of aliphatic carboxylic acids is 1. The van der Waals surface area contributed by atoms with Gasteiger partial charge in [0.15, 0.2) is 16.0 Å². The Morgan fingerprint density at radius 2 is 2.22 bits per heavy atom. The lowest BCUT2D eigenvalue weighted by Gasteiger charge is -2.49. The van der Waals surface area contributed by atoms with Crippen molar-refractivity contribution in [3.63, 3.8) is 0 Å². The normalized spacial score (nSPS) is 26.7. The smallest absolute Gasteiger partial charge is 0.352 e. The minimum atomic E-state index is -2.86. The Kier molecular flexibility index (Phi) is 5.79. The number of carboxylic acids is 1. The summed E-state index contributed by atoms with van der Waals surface area (Å²) in [5.74, 6) is -4.76. The molecule has 2 aromatic heterocycles. The predicted molar refractivity (Wildman–Crippen MR) is 131 cm³/mol. The third-order valence-corrected chi connectivity index (χ3v) is 7.17. The molecule has 0 unspecified atom stereocenters. The summed E-state index contributed by atoms with van der Waals surface area (Å²) in [7, 11) is 2.47. The van der Waals surface area contributed by atoms with E-state index in [9.17, 15) is 29.1 Å². The van der Waals surface area contributed by atoms with Gasteiger partial charge < -0.3 is 21.0 Å². The number of carboxylic acid groups (broad SMARTS) is 1. The number of fused-ring (bicyclic) bond motifs is 1. The molecule has 18 heteroatoms. The number of aryl methyl sites for hydroxylation is 1. The Labute approximate surface area is 219 Å². The molecular formula is C18H18N8O7S3. The second-order valence-electron chi connectivity index (χ2n) is 6.79. The van der Waals surface area contributed by atoms with Crippen molar-refractivity contribution in [3.05, 3.63) is 43.1 Å². The standard InChI is InChI=1S/C18H18N8O7S3/c1-25-18(22-12(28)13(29)23-25)36-4-6-3-34-15-9(14(30)26(15)10(6)16(31)32)21-11(27)8(24-33-2)7-5-35-17(19)20-7/h5,9,15H,3-4H2,1-2H3,(H2,19,20)(H,21,27)(H,23,29)(H,31,32)/b24-8-/t9-,15-/m1/s1/i3D2,9D,15D. The van der Waals surface area contributed by atoms with Gasteiger partial charge in [0.05, 0.1) is 2.74 Å². The second kappa shape index (κ2) is 10.2. The number of rotatable bonds is 8. The Hall–Kier alpha value is -3.64. The number of aromatic amines is 1. The summed E-state index contributed by atoms with van der Waals surface area (Å²) in [5.41, 5.74) is -1.14. The molecule has 0 radical (unpaired) electrons. The zero-order chi connectivity index (χ0) is 29.8. The maximum absolute atomic E-state index is 13.2. The summed E-state index contributed by atoms with van der Waals surface area (Å²) in [6, 6.07) is -2.86.